The number of aromatic hydroxyl groups is 1. The second-order valence-electron chi connectivity index (χ2n) is 12.3. The molecule has 2 N–H and O–H groups in total. The van der Waals surface area contributed by atoms with Crippen molar-refractivity contribution in [3.05, 3.63) is 86.4 Å². The quantitative estimate of drug-likeness (QED) is 0.254. The lowest BCUT2D eigenvalue weighted by molar-refractivity contribution is -0.137. The van der Waals surface area contributed by atoms with Gasteiger partial charge >= 0.3 is 6.18 Å². The molecular weight excluding hydrogens is 711 g/mol. The smallest absolute Gasteiger partial charge is 0.416 e. The van der Waals surface area contributed by atoms with Crippen molar-refractivity contribution in [3.63, 3.8) is 0 Å². The minimum Gasteiger partial charge on any atom is -0.504 e. The number of carbonyl (C=O) groups is 2. The Morgan fingerprint density at radius 3 is 2.60 bits per heavy atom. The van der Waals surface area contributed by atoms with Crippen LogP contribution in [0.1, 0.15) is 58.9 Å². The zero-order valence-corrected chi connectivity index (χ0v) is 28.5. The number of aromatic nitrogens is 7. The minimum atomic E-state index is -4.63. The summed E-state index contributed by atoms with van der Waals surface area (Å²) in [7, 11) is 1.44. The zero-order chi connectivity index (χ0) is 37.1. The summed E-state index contributed by atoms with van der Waals surface area (Å²) < 4.78 is 54.0. The van der Waals surface area contributed by atoms with Gasteiger partial charge in [0.25, 0.3) is 11.5 Å². The number of ether oxygens (including phenoxy) is 2. The minimum absolute atomic E-state index is 0.00193. The molecule has 270 valence electrons. The van der Waals surface area contributed by atoms with E-state index in [0.717, 1.165) is 16.6 Å². The zero-order valence-electron chi connectivity index (χ0n) is 27.7. The monoisotopic (exact) mass is 739 g/mol. The van der Waals surface area contributed by atoms with Crippen LogP contribution in [0.4, 0.5) is 18.9 Å². The lowest BCUT2D eigenvalue weighted by Gasteiger charge is -2.39. The van der Waals surface area contributed by atoms with Crippen molar-refractivity contribution < 1.29 is 37.3 Å². The van der Waals surface area contributed by atoms with Crippen LogP contribution in [0.5, 0.6) is 11.6 Å². The molecule has 0 aliphatic carbocycles. The van der Waals surface area contributed by atoms with Gasteiger partial charge in [0.15, 0.2) is 17.3 Å². The van der Waals surface area contributed by atoms with E-state index in [2.05, 4.69) is 30.4 Å². The molecule has 6 heterocycles. The van der Waals surface area contributed by atoms with Crippen LogP contribution in [0.2, 0.25) is 5.02 Å². The molecule has 7 rings (SSSR count). The molecule has 1 fully saturated rings. The Balaban J connectivity index is 1.28. The number of nitrogens with zero attached hydrogens (tertiary/aromatic N) is 8. The van der Waals surface area contributed by atoms with Crippen LogP contribution in [-0.2, 0) is 27.9 Å². The number of anilines is 1. The van der Waals surface area contributed by atoms with E-state index in [4.69, 9.17) is 21.1 Å². The molecule has 52 heavy (non-hydrogen) atoms. The van der Waals surface area contributed by atoms with Gasteiger partial charge in [-0.15, -0.1) is 5.10 Å². The van der Waals surface area contributed by atoms with Gasteiger partial charge < -0.3 is 29.4 Å². The summed E-state index contributed by atoms with van der Waals surface area (Å²) >= 11 is 6.12. The number of aryl methyl sites for hydroxylation is 1. The largest absolute Gasteiger partial charge is 0.504 e. The number of likely N-dealkylation sites (tertiary alicyclic amines) is 1. The SMILES string of the molecule is COc1cc(-c2nc3n(CC(=O)Nc4ccc(C(F)(F)F)cc4Cl)c4c(c(=O)n3n2)C2(CCN(C(=O)c3ncnc(C)c3O)CC2)OC4C)ccn1. The highest BCUT2D eigenvalue weighted by molar-refractivity contribution is 6.33. The number of hydrogen-bond acceptors (Lipinski definition) is 11. The van der Waals surface area contributed by atoms with Crippen molar-refractivity contribution in [2.75, 3.05) is 25.5 Å². The van der Waals surface area contributed by atoms with E-state index in [1.807, 2.05) is 0 Å². The molecule has 2 aliphatic heterocycles. The van der Waals surface area contributed by atoms with Crippen molar-refractivity contribution in [2.24, 2.45) is 0 Å². The van der Waals surface area contributed by atoms with E-state index in [9.17, 15) is 32.7 Å². The number of benzene rings is 1. The number of fused-ring (bicyclic) bond motifs is 3. The van der Waals surface area contributed by atoms with Gasteiger partial charge in [-0.05, 0) is 51.0 Å². The van der Waals surface area contributed by atoms with Crippen molar-refractivity contribution in [1.82, 2.24) is 39.0 Å². The van der Waals surface area contributed by atoms with Crippen molar-refractivity contribution in [2.45, 2.75) is 51.1 Å². The number of hydrogen-bond donors (Lipinski definition) is 2. The van der Waals surface area contributed by atoms with Crippen LogP contribution in [0.25, 0.3) is 17.2 Å². The highest BCUT2D eigenvalue weighted by Crippen LogP contribution is 2.48. The molecule has 1 saturated heterocycles. The first-order valence-electron chi connectivity index (χ1n) is 15.9. The number of alkyl halides is 3. The van der Waals surface area contributed by atoms with Gasteiger partial charge in [0.2, 0.25) is 17.6 Å². The van der Waals surface area contributed by atoms with E-state index in [1.54, 1.807) is 26.0 Å². The molecule has 1 atom stereocenters. The highest BCUT2D eigenvalue weighted by Gasteiger charge is 2.50. The van der Waals surface area contributed by atoms with Crippen LogP contribution in [0.15, 0.2) is 47.7 Å². The third kappa shape index (κ3) is 5.96. The first-order chi connectivity index (χ1) is 24.7. The van der Waals surface area contributed by atoms with E-state index >= 15 is 0 Å². The summed E-state index contributed by atoms with van der Waals surface area (Å²) in [6.45, 7) is 3.08. The highest BCUT2D eigenvalue weighted by atomic mass is 35.5. The Morgan fingerprint density at radius 2 is 1.90 bits per heavy atom. The van der Waals surface area contributed by atoms with E-state index in [0.29, 0.717) is 17.3 Å². The molecule has 15 nitrogen and oxygen atoms in total. The molecule has 5 aromatic rings. The Morgan fingerprint density at radius 1 is 1.15 bits per heavy atom. The second kappa shape index (κ2) is 12.9. The van der Waals surface area contributed by atoms with E-state index < -0.39 is 47.4 Å². The summed E-state index contributed by atoms with van der Waals surface area (Å²) in [5, 5.41) is 17.2. The van der Waals surface area contributed by atoms with Gasteiger partial charge in [0, 0.05) is 30.9 Å². The van der Waals surface area contributed by atoms with Crippen LogP contribution >= 0.6 is 11.6 Å². The molecule has 1 spiro atoms. The molecule has 0 radical (unpaired) electrons. The van der Waals surface area contributed by atoms with Gasteiger partial charge in [-0.2, -0.15) is 22.7 Å². The molecule has 2 aliphatic rings. The fourth-order valence-corrected chi connectivity index (χ4v) is 6.88. The predicted molar refractivity (Wildman–Crippen MR) is 177 cm³/mol. The third-order valence-corrected chi connectivity index (χ3v) is 9.48. The first kappa shape index (κ1) is 34.8. The summed E-state index contributed by atoms with van der Waals surface area (Å²) in [6, 6.07) is 5.77. The van der Waals surface area contributed by atoms with Crippen LogP contribution in [-0.4, -0.2) is 76.1 Å². The first-order valence-corrected chi connectivity index (χ1v) is 16.3. The standard InChI is InChI=1S/C33H29ClF3N9O6/c1-16-27(48)25(40-15-39-16)30(50)44-10-7-32(8-11-44)24-26(17(2)52-32)45(14-22(47)41-21-5-4-19(13-20(21)34)33(35,36)37)31-42-28(43-46(31)29(24)49)18-6-9-38-23(12-18)51-3/h4-6,9,12-13,15,17,48H,7-8,10-11,14H2,1-3H3,(H,41,47). The Bertz CT molecular complexity index is 2320. The van der Waals surface area contributed by atoms with Gasteiger partial charge in [-0.3, -0.25) is 14.4 Å². The number of carbonyl (C=O) groups excluding carboxylic acids is 2. The average Bonchev–Trinajstić information content (AvgIpc) is 3.68. The van der Waals surface area contributed by atoms with Crippen molar-refractivity contribution >= 4 is 34.9 Å². The maximum atomic E-state index is 14.4. The van der Waals surface area contributed by atoms with E-state index in [1.165, 1.54) is 29.1 Å². The molecule has 1 unspecified atom stereocenters. The van der Waals surface area contributed by atoms with Crippen molar-refractivity contribution in [1.29, 1.82) is 0 Å². The molecular formula is C33H29ClF3N9O6. The van der Waals surface area contributed by atoms with Gasteiger partial charge in [0.05, 0.1) is 46.4 Å². The fourth-order valence-electron chi connectivity index (χ4n) is 6.65. The lowest BCUT2D eigenvalue weighted by atomic mass is 9.85. The Labute approximate surface area is 297 Å². The summed E-state index contributed by atoms with van der Waals surface area (Å²) in [5.74, 6) is -1.11. The second-order valence-corrected chi connectivity index (χ2v) is 12.7. The number of halogens is 4. The average molecular weight is 740 g/mol. The number of amides is 2. The fraction of sp³-hybridized carbons (Fsp3) is 0.333. The maximum Gasteiger partial charge on any atom is 0.416 e. The van der Waals surface area contributed by atoms with Gasteiger partial charge in [-0.25, -0.2) is 15.0 Å². The summed E-state index contributed by atoms with van der Waals surface area (Å²) in [6.07, 6.45) is -2.35. The molecule has 19 heteroatoms. The Kier molecular flexibility index (Phi) is 8.61. The predicted octanol–water partition coefficient (Wildman–Crippen LogP) is 4.30. The van der Waals surface area contributed by atoms with Crippen molar-refractivity contribution in [3.8, 4) is 23.0 Å². The lowest BCUT2D eigenvalue weighted by Crippen LogP contribution is -2.47. The molecule has 1 aromatic carbocycles. The van der Waals surface area contributed by atoms with Crippen LogP contribution in [0, 0.1) is 6.92 Å². The number of piperidine rings is 1. The maximum absolute atomic E-state index is 14.4. The van der Waals surface area contributed by atoms with Gasteiger partial charge in [0.1, 0.15) is 18.5 Å². The molecule has 4 aromatic heterocycles. The number of pyridine rings is 1. The van der Waals surface area contributed by atoms with Gasteiger partial charge in [-0.1, -0.05) is 11.6 Å². The summed E-state index contributed by atoms with van der Waals surface area (Å²) in [4.78, 5) is 59.4. The number of nitrogens with one attached hydrogen (secondary N) is 1. The number of rotatable bonds is 6. The van der Waals surface area contributed by atoms with E-state index in [-0.39, 0.29) is 76.8 Å². The van der Waals surface area contributed by atoms with Crippen LogP contribution in [0.3, 0.4) is 0 Å². The van der Waals surface area contributed by atoms with Crippen LogP contribution < -0.4 is 15.6 Å². The summed E-state index contributed by atoms with van der Waals surface area (Å²) in [5.41, 5.74) is -1.62. The normalized spacial score (nSPS) is 16.7. The third-order valence-electron chi connectivity index (χ3n) is 9.17. The molecule has 2 amide bonds. The topological polar surface area (TPSA) is 179 Å². The molecule has 0 bridgehead atoms. The Hall–Kier alpha value is -5.62. The molecule has 0 saturated carbocycles. The number of methoxy groups -OCH3 is 1.